The molecule has 0 atom stereocenters. The third-order valence-electron chi connectivity index (χ3n) is 2.66. The average Bonchev–Trinajstić information content (AvgIpc) is 2.47. The van der Waals surface area contributed by atoms with Crippen LogP contribution in [0.1, 0.15) is 46.0 Å². The zero-order valence-corrected chi connectivity index (χ0v) is 14.3. The molecule has 0 fully saturated rings. The number of ether oxygens (including phenoxy) is 3. The zero-order chi connectivity index (χ0) is 14.7. The van der Waals surface area contributed by atoms with Gasteiger partial charge in [0, 0.05) is 6.61 Å². The lowest BCUT2D eigenvalue weighted by atomic mass is 10.2. The minimum absolute atomic E-state index is 0.627. The highest BCUT2D eigenvalue weighted by Gasteiger charge is 1.94. The molecular weight excluding hydrogens is 272 g/mol. The second-order valence-electron chi connectivity index (χ2n) is 4.64. The summed E-state index contributed by atoms with van der Waals surface area (Å²) < 4.78 is 21.6. The van der Waals surface area contributed by atoms with Crippen LogP contribution < -0.4 is 0 Å². The molecule has 0 aromatic carbocycles. The lowest BCUT2D eigenvalue weighted by Crippen LogP contribution is -2.12. The van der Waals surface area contributed by atoms with Crippen molar-refractivity contribution in [2.45, 2.75) is 52.0 Å². The van der Waals surface area contributed by atoms with Gasteiger partial charge in [0.2, 0.25) is 9.76 Å². The van der Waals surface area contributed by atoms with Crippen LogP contribution >= 0.6 is 0 Å². The van der Waals surface area contributed by atoms with E-state index in [-0.39, 0.29) is 0 Å². The van der Waals surface area contributed by atoms with Crippen molar-refractivity contribution in [2.75, 3.05) is 46.2 Å². The first-order valence-corrected chi connectivity index (χ1v) is 9.11. The highest BCUT2D eigenvalue weighted by atomic mass is 28.2. The first kappa shape index (κ1) is 20.1. The van der Waals surface area contributed by atoms with Gasteiger partial charge in [-0.15, -0.1) is 0 Å². The van der Waals surface area contributed by atoms with Gasteiger partial charge >= 0.3 is 0 Å². The van der Waals surface area contributed by atoms with Crippen molar-refractivity contribution < 1.29 is 18.6 Å². The molecule has 0 aromatic rings. The zero-order valence-electron chi connectivity index (χ0n) is 13.3. The molecule has 0 rings (SSSR count). The van der Waals surface area contributed by atoms with E-state index in [1.165, 1.54) is 31.7 Å². The van der Waals surface area contributed by atoms with Crippen molar-refractivity contribution in [1.82, 2.24) is 0 Å². The summed E-state index contributed by atoms with van der Waals surface area (Å²) in [6, 6.07) is 1.20. The summed E-state index contributed by atoms with van der Waals surface area (Å²) in [6.45, 7) is 9.11. The molecule has 0 bridgehead atoms. The first-order chi connectivity index (χ1) is 9.91. The topological polar surface area (TPSA) is 36.9 Å². The molecule has 0 aromatic heterocycles. The average molecular weight is 305 g/mol. The van der Waals surface area contributed by atoms with E-state index in [0.717, 1.165) is 13.0 Å². The largest absolute Gasteiger partial charge is 0.415 e. The summed E-state index contributed by atoms with van der Waals surface area (Å²) in [7, 11) is 0.627. The SMILES string of the molecule is CCCCCC[Si]OCCOCCOCCOCCC. The van der Waals surface area contributed by atoms with Gasteiger partial charge in [-0.1, -0.05) is 39.5 Å². The summed E-state index contributed by atoms with van der Waals surface area (Å²) in [5, 5.41) is 0. The number of unbranched alkanes of at least 4 members (excludes halogenated alkanes) is 3. The fourth-order valence-corrected chi connectivity index (χ4v) is 2.32. The lowest BCUT2D eigenvalue weighted by Gasteiger charge is -2.06. The Balaban J connectivity index is 2.89. The van der Waals surface area contributed by atoms with Crippen LogP contribution in [0.2, 0.25) is 6.04 Å². The molecule has 0 saturated carbocycles. The molecule has 0 aliphatic heterocycles. The van der Waals surface area contributed by atoms with Crippen molar-refractivity contribution in [2.24, 2.45) is 0 Å². The molecule has 0 aliphatic rings. The quantitative estimate of drug-likeness (QED) is 0.306. The maximum atomic E-state index is 5.53. The van der Waals surface area contributed by atoms with Crippen LogP contribution in [0.5, 0.6) is 0 Å². The number of hydrogen-bond donors (Lipinski definition) is 0. The summed E-state index contributed by atoms with van der Waals surface area (Å²) >= 11 is 0. The fourth-order valence-electron chi connectivity index (χ4n) is 1.56. The smallest absolute Gasteiger partial charge is 0.229 e. The molecule has 0 saturated heterocycles. The van der Waals surface area contributed by atoms with Gasteiger partial charge < -0.3 is 18.6 Å². The van der Waals surface area contributed by atoms with E-state index in [4.69, 9.17) is 18.6 Å². The van der Waals surface area contributed by atoms with Gasteiger partial charge in [-0.25, -0.2) is 0 Å². The maximum absolute atomic E-state index is 5.53. The molecule has 0 heterocycles. The molecule has 0 unspecified atom stereocenters. The molecule has 4 nitrogen and oxygen atoms in total. The van der Waals surface area contributed by atoms with Gasteiger partial charge in [-0.2, -0.15) is 0 Å². The van der Waals surface area contributed by atoms with Gasteiger partial charge in [0.1, 0.15) is 0 Å². The van der Waals surface area contributed by atoms with Gasteiger partial charge in [-0.3, -0.25) is 0 Å². The van der Waals surface area contributed by atoms with Crippen molar-refractivity contribution in [3.8, 4) is 0 Å². The normalized spacial score (nSPS) is 11.1. The molecule has 0 amide bonds. The first-order valence-electron chi connectivity index (χ1n) is 7.99. The van der Waals surface area contributed by atoms with E-state index in [1.54, 1.807) is 0 Å². The molecular formula is C15H32O4Si. The molecule has 0 spiro atoms. The van der Waals surface area contributed by atoms with E-state index in [1.807, 2.05) is 0 Å². The van der Waals surface area contributed by atoms with Crippen LogP contribution in [0, 0.1) is 0 Å². The minimum Gasteiger partial charge on any atom is -0.415 e. The molecule has 5 heteroatoms. The van der Waals surface area contributed by atoms with Crippen LogP contribution in [-0.4, -0.2) is 56.0 Å². The predicted octanol–water partition coefficient (Wildman–Crippen LogP) is 3.08. The Morgan fingerprint density at radius 2 is 1.20 bits per heavy atom. The standard InChI is InChI=1S/C15H32O4Si/c1-3-5-6-7-15-20-19-14-13-18-12-11-17-10-9-16-8-4-2/h3-15H2,1-2H3. The van der Waals surface area contributed by atoms with Gasteiger partial charge in [0.25, 0.3) is 0 Å². The Morgan fingerprint density at radius 1 is 0.600 bits per heavy atom. The van der Waals surface area contributed by atoms with E-state index < -0.39 is 0 Å². The van der Waals surface area contributed by atoms with E-state index in [0.29, 0.717) is 49.4 Å². The second-order valence-corrected chi connectivity index (χ2v) is 5.72. The van der Waals surface area contributed by atoms with E-state index >= 15 is 0 Å². The summed E-state index contributed by atoms with van der Waals surface area (Å²) in [5.41, 5.74) is 0. The van der Waals surface area contributed by atoms with E-state index in [2.05, 4.69) is 13.8 Å². The number of rotatable bonds is 17. The summed E-state index contributed by atoms with van der Waals surface area (Å²) in [4.78, 5) is 0. The Kier molecular flexibility index (Phi) is 19.1. The van der Waals surface area contributed by atoms with Crippen molar-refractivity contribution in [3.63, 3.8) is 0 Å². The predicted molar refractivity (Wildman–Crippen MR) is 83.4 cm³/mol. The van der Waals surface area contributed by atoms with Gasteiger partial charge in [0.05, 0.1) is 39.6 Å². The maximum Gasteiger partial charge on any atom is 0.229 e. The molecule has 2 radical (unpaired) electrons. The molecule has 20 heavy (non-hydrogen) atoms. The summed E-state index contributed by atoms with van der Waals surface area (Å²) in [6.07, 6.45) is 6.33. The van der Waals surface area contributed by atoms with Crippen LogP contribution in [0.4, 0.5) is 0 Å². The minimum atomic E-state index is 0.627. The molecule has 0 N–H and O–H groups in total. The molecule has 120 valence electrons. The van der Waals surface area contributed by atoms with Crippen molar-refractivity contribution in [3.05, 3.63) is 0 Å². The third kappa shape index (κ3) is 18.1. The second kappa shape index (κ2) is 19.1. The summed E-state index contributed by atoms with van der Waals surface area (Å²) in [5.74, 6) is 0. The molecule has 0 aliphatic carbocycles. The Labute approximate surface area is 127 Å². The van der Waals surface area contributed by atoms with Gasteiger partial charge in [0.15, 0.2) is 0 Å². The Hall–Kier alpha value is 0.0569. The monoisotopic (exact) mass is 304 g/mol. The van der Waals surface area contributed by atoms with Crippen molar-refractivity contribution in [1.29, 1.82) is 0 Å². The van der Waals surface area contributed by atoms with Crippen molar-refractivity contribution >= 4 is 9.76 Å². The van der Waals surface area contributed by atoms with Crippen LogP contribution in [0.25, 0.3) is 0 Å². The Bertz CT molecular complexity index is 152. The van der Waals surface area contributed by atoms with E-state index in [9.17, 15) is 0 Å². The number of hydrogen-bond acceptors (Lipinski definition) is 4. The van der Waals surface area contributed by atoms with Crippen LogP contribution in [0.15, 0.2) is 0 Å². The van der Waals surface area contributed by atoms with Gasteiger partial charge in [-0.05, 0) is 12.5 Å². The van der Waals surface area contributed by atoms with Crippen LogP contribution in [-0.2, 0) is 18.6 Å². The lowest BCUT2D eigenvalue weighted by molar-refractivity contribution is 0.00958. The highest BCUT2D eigenvalue weighted by Crippen LogP contribution is 2.02. The third-order valence-corrected chi connectivity index (χ3v) is 3.62. The Morgan fingerprint density at radius 3 is 1.80 bits per heavy atom. The fraction of sp³-hybridized carbons (Fsp3) is 1.00. The highest BCUT2D eigenvalue weighted by molar-refractivity contribution is 6.26. The van der Waals surface area contributed by atoms with Crippen LogP contribution in [0.3, 0.4) is 0 Å².